The summed E-state index contributed by atoms with van der Waals surface area (Å²) in [5.41, 5.74) is 2.44. The third-order valence-corrected chi connectivity index (χ3v) is 5.41. The van der Waals surface area contributed by atoms with Crippen molar-refractivity contribution in [2.75, 3.05) is 13.7 Å². The standard InChI is InChI=1S/C20H27N3O4/c1-11(2)16-9-15(17-12(3)23-27-19(17)22-16)18(24)21-10-13-5-7-14(8-6-13)20(25)26-4/h9,11,13-14H,5-8,10H2,1-4H3,(H,21,24). The monoisotopic (exact) mass is 373 g/mol. The third kappa shape index (κ3) is 4.12. The summed E-state index contributed by atoms with van der Waals surface area (Å²) < 4.78 is 10.1. The summed E-state index contributed by atoms with van der Waals surface area (Å²) in [6.07, 6.45) is 3.45. The van der Waals surface area contributed by atoms with Gasteiger partial charge in [0.15, 0.2) is 0 Å². The van der Waals surface area contributed by atoms with Gasteiger partial charge in [0.05, 0.1) is 29.7 Å². The van der Waals surface area contributed by atoms with E-state index in [0.717, 1.165) is 31.4 Å². The van der Waals surface area contributed by atoms with Crippen LogP contribution in [0.2, 0.25) is 0 Å². The summed E-state index contributed by atoms with van der Waals surface area (Å²) >= 11 is 0. The fourth-order valence-electron chi connectivity index (χ4n) is 3.69. The van der Waals surface area contributed by atoms with Crippen LogP contribution in [0.3, 0.4) is 0 Å². The molecule has 0 saturated heterocycles. The Hall–Kier alpha value is -2.44. The maximum Gasteiger partial charge on any atom is 0.308 e. The van der Waals surface area contributed by atoms with Crippen LogP contribution < -0.4 is 5.32 Å². The molecule has 7 nitrogen and oxygen atoms in total. The largest absolute Gasteiger partial charge is 0.469 e. The van der Waals surface area contributed by atoms with Gasteiger partial charge in [-0.15, -0.1) is 0 Å². The van der Waals surface area contributed by atoms with Gasteiger partial charge in [0.2, 0.25) is 0 Å². The molecule has 0 spiro atoms. The zero-order chi connectivity index (χ0) is 19.6. The Kier molecular flexibility index (Phi) is 5.77. The molecule has 1 fully saturated rings. The number of carbonyl (C=O) groups is 2. The summed E-state index contributed by atoms with van der Waals surface area (Å²) in [5, 5.41) is 7.68. The molecule has 1 aliphatic rings. The molecular formula is C20H27N3O4. The highest BCUT2D eigenvalue weighted by Gasteiger charge is 2.27. The van der Waals surface area contributed by atoms with E-state index in [-0.39, 0.29) is 23.7 Å². The van der Waals surface area contributed by atoms with Crippen molar-refractivity contribution in [3.05, 3.63) is 23.0 Å². The van der Waals surface area contributed by atoms with Crippen LogP contribution in [0.5, 0.6) is 0 Å². The number of methoxy groups -OCH3 is 1. The van der Waals surface area contributed by atoms with Crippen LogP contribution in [0.1, 0.15) is 67.2 Å². The Morgan fingerprint density at radius 3 is 2.63 bits per heavy atom. The van der Waals surface area contributed by atoms with Crippen molar-refractivity contribution in [3.8, 4) is 0 Å². The number of aromatic nitrogens is 2. The van der Waals surface area contributed by atoms with Crippen LogP contribution in [0.25, 0.3) is 11.1 Å². The molecule has 0 unspecified atom stereocenters. The molecule has 0 aromatic carbocycles. The average Bonchev–Trinajstić information content (AvgIpc) is 3.06. The molecule has 3 rings (SSSR count). The summed E-state index contributed by atoms with van der Waals surface area (Å²) in [7, 11) is 1.43. The molecule has 2 aromatic heterocycles. The number of ether oxygens (including phenoxy) is 1. The molecule has 0 atom stereocenters. The van der Waals surface area contributed by atoms with Crippen LogP contribution in [0, 0.1) is 18.8 Å². The highest BCUT2D eigenvalue weighted by atomic mass is 16.5. The van der Waals surface area contributed by atoms with Crippen molar-refractivity contribution < 1.29 is 18.8 Å². The van der Waals surface area contributed by atoms with Gasteiger partial charge >= 0.3 is 5.97 Å². The topological polar surface area (TPSA) is 94.3 Å². The molecule has 0 aliphatic heterocycles. The number of nitrogens with one attached hydrogen (secondary N) is 1. The second-order valence-electron chi connectivity index (χ2n) is 7.65. The first-order chi connectivity index (χ1) is 12.9. The zero-order valence-electron chi connectivity index (χ0n) is 16.4. The lowest BCUT2D eigenvalue weighted by molar-refractivity contribution is -0.146. The zero-order valence-corrected chi connectivity index (χ0v) is 16.4. The molecule has 0 radical (unpaired) electrons. The smallest absolute Gasteiger partial charge is 0.308 e. The molecule has 2 heterocycles. The van der Waals surface area contributed by atoms with Gasteiger partial charge in [0, 0.05) is 12.2 Å². The number of hydrogen-bond donors (Lipinski definition) is 1. The van der Waals surface area contributed by atoms with E-state index < -0.39 is 0 Å². The van der Waals surface area contributed by atoms with Crippen molar-refractivity contribution in [2.24, 2.45) is 11.8 Å². The summed E-state index contributed by atoms with van der Waals surface area (Å²) in [4.78, 5) is 29.0. The van der Waals surface area contributed by atoms with Crippen LogP contribution in [-0.4, -0.2) is 35.7 Å². The number of rotatable bonds is 5. The van der Waals surface area contributed by atoms with Gasteiger partial charge < -0.3 is 14.6 Å². The van der Waals surface area contributed by atoms with Crippen molar-refractivity contribution in [3.63, 3.8) is 0 Å². The second-order valence-corrected chi connectivity index (χ2v) is 7.65. The first-order valence-corrected chi connectivity index (χ1v) is 9.53. The summed E-state index contributed by atoms with van der Waals surface area (Å²) in [6.45, 7) is 6.46. The molecule has 1 N–H and O–H groups in total. The quantitative estimate of drug-likeness (QED) is 0.808. The van der Waals surface area contributed by atoms with E-state index in [1.165, 1.54) is 7.11 Å². The van der Waals surface area contributed by atoms with E-state index in [2.05, 4.69) is 15.5 Å². The number of aryl methyl sites for hydroxylation is 1. The van der Waals surface area contributed by atoms with Crippen LogP contribution in [0.4, 0.5) is 0 Å². The van der Waals surface area contributed by atoms with E-state index in [4.69, 9.17) is 9.26 Å². The van der Waals surface area contributed by atoms with E-state index in [0.29, 0.717) is 34.8 Å². The lowest BCUT2D eigenvalue weighted by atomic mass is 9.82. The molecule has 0 bridgehead atoms. The highest BCUT2D eigenvalue weighted by Crippen LogP contribution is 2.29. The lowest BCUT2D eigenvalue weighted by Gasteiger charge is -2.27. The fraction of sp³-hybridized carbons (Fsp3) is 0.600. The van der Waals surface area contributed by atoms with Crippen LogP contribution in [-0.2, 0) is 9.53 Å². The van der Waals surface area contributed by atoms with Crippen LogP contribution >= 0.6 is 0 Å². The van der Waals surface area contributed by atoms with Gasteiger partial charge in [-0.25, -0.2) is 4.98 Å². The first-order valence-electron chi connectivity index (χ1n) is 9.53. The molecule has 1 aliphatic carbocycles. The third-order valence-electron chi connectivity index (χ3n) is 5.41. The summed E-state index contributed by atoms with van der Waals surface area (Å²) in [6, 6.07) is 1.83. The molecule has 7 heteroatoms. The van der Waals surface area contributed by atoms with E-state index in [1.54, 1.807) is 0 Å². The Labute approximate surface area is 158 Å². The molecule has 146 valence electrons. The number of nitrogens with zero attached hydrogens (tertiary/aromatic N) is 2. The SMILES string of the molecule is COC(=O)C1CCC(CNC(=O)c2cc(C(C)C)nc3onc(C)c23)CC1. The van der Waals surface area contributed by atoms with Gasteiger partial charge in [-0.05, 0) is 50.5 Å². The van der Waals surface area contributed by atoms with Gasteiger partial charge in [-0.2, -0.15) is 0 Å². The van der Waals surface area contributed by atoms with E-state index in [9.17, 15) is 9.59 Å². The Balaban J connectivity index is 1.68. The van der Waals surface area contributed by atoms with Gasteiger partial charge in [-0.3, -0.25) is 9.59 Å². The van der Waals surface area contributed by atoms with Gasteiger partial charge in [0.1, 0.15) is 0 Å². The number of fused-ring (bicyclic) bond motifs is 1. The maximum atomic E-state index is 12.9. The number of amides is 1. The van der Waals surface area contributed by atoms with Crippen molar-refractivity contribution in [2.45, 2.75) is 52.4 Å². The maximum absolute atomic E-state index is 12.9. The van der Waals surface area contributed by atoms with Crippen molar-refractivity contribution in [1.29, 1.82) is 0 Å². The lowest BCUT2D eigenvalue weighted by Crippen LogP contribution is -2.33. The first kappa shape index (κ1) is 19.3. The molecule has 2 aromatic rings. The predicted octanol–water partition coefficient (Wildman–Crippen LogP) is 3.36. The van der Waals surface area contributed by atoms with Crippen molar-refractivity contribution >= 4 is 23.0 Å². The molecular weight excluding hydrogens is 346 g/mol. The minimum absolute atomic E-state index is 0.00460. The van der Waals surface area contributed by atoms with Crippen LogP contribution in [0.15, 0.2) is 10.6 Å². The molecule has 27 heavy (non-hydrogen) atoms. The van der Waals surface area contributed by atoms with Gasteiger partial charge in [-0.1, -0.05) is 19.0 Å². The normalized spacial score (nSPS) is 20.0. The predicted molar refractivity (Wildman–Crippen MR) is 100 cm³/mol. The van der Waals surface area contributed by atoms with Crippen molar-refractivity contribution in [1.82, 2.24) is 15.5 Å². The fourth-order valence-corrected chi connectivity index (χ4v) is 3.69. The number of carbonyl (C=O) groups excluding carboxylic acids is 2. The minimum atomic E-state index is -0.134. The Bertz CT molecular complexity index is 835. The minimum Gasteiger partial charge on any atom is -0.469 e. The Morgan fingerprint density at radius 1 is 1.30 bits per heavy atom. The summed E-state index contributed by atoms with van der Waals surface area (Å²) in [5.74, 6) is 0.293. The number of hydrogen-bond acceptors (Lipinski definition) is 6. The van der Waals surface area contributed by atoms with Gasteiger partial charge in [0.25, 0.3) is 11.6 Å². The second kappa shape index (κ2) is 8.06. The molecule has 1 saturated carbocycles. The molecule has 1 amide bonds. The number of pyridine rings is 1. The Morgan fingerprint density at radius 2 is 2.00 bits per heavy atom. The number of esters is 1. The van der Waals surface area contributed by atoms with E-state index >= 15 is 0 Å². The highest BCUT2D eigenvalue weighted by molar-refractivity contribution is 6.06. The average molecular weight is 373 g/mol. The van der Waals surface area contributed by atoms with E-state index in [1.807, 2.05) is 26.8 Å².